The van der Waals surface area contributed by atoms with Gasteiger partial charge < -0.3 is 10.5 Å². The summed E-state index contributed by atoms with van der Waals surface area (Å²) in [5.74, 6) is -0.165. The highest BCUT2D eigenvalue weighted by Gasteiger charge is 2.29. The zero-order chi connectivity index (χ0) is 8.27. The molecule has 0 bridgehead atoms. The van der Waals surface area contributed by atoms with Gasteiger partial charge in [0.05, 0.1) is 19.8 Å². The average molecular weight is 160 g/mol. The maximum atomic E-state index is 11.0. The highest BCUT2D eigenvalue weighted by Crippen LogP contribution is 2.04. The Morgan fingerprint density at radius 3 is 3.09 bits per heavy atom. The molecule has 1 amide bonds. The summed E-state index contributed by atoms with van der Waals surface area (Å²) in [4.78, 5) is 16.0. The van der Waals surface area contributed by atoms with Crippen molar-refractivity contribution < 1.29 is 14.4 Å². The number of carbonyl (C=O) groups is 1. The monoisotopic (exact) mass is 160 g/mol. The van der Waals surface area contributed by atoms with E-state index in [1.54, 1.807) is 7.11 Å². The van der Waals surface area contributed by atoms with Crippen LogP contribution in [-0.4, -0.2) is 43.9 Å². The predicted molar refractivity (Wildman–Crippen MR) is 37.5 cm³/mol. The molecule has 0 radical (unpaired) electrons. The Morgan fingerprint density at radius 1 is 1.91 bits per heavy atom. The van der Waals surface area contributed by atoms with Gasteiger partial charge >= 0.3 is 0 Å². The van der Waals surface area contributed by atoms with E-state index in [2.05, 4.69) is 0 Å². The Balaban J connectivity index is 2.30. The molecule has 0 aromatic carbocycles. The van der Waals surface area contributed by atoms with Gasteiger partial charge in [-0.2, -0.15) is 0 Å². The van der Waals surface area contributed by atoms with E-state index in [9.17, 15) is 4.79 Å². The van der Waals surface area contributed by atoms with Gasteiger partial charge in [0, 0.05) is 7.11 Å². The molecule has 11 heavy (non-hydrogen) atoms. The van der Waals surface area contributed by atoms with Gasteiger partial charge in [-0.3, -0.25) is 9.63 Å². The highest BCUT2D eigenvalue weighted by atomic mass is 16.7. The zero-order valence-electron chi connectivity index (χ0n) is 6.45. The second kappa shape index (κ2) is 3.66. The first-order valence-electron chi connectivity index (χ1n) is 3.44. The molecule has 1 heterocycles. The molecule has 1 fully saturated rings. The Bertz CT molecular complexity index is 151. The second-order valence-corrected chi connectivity index (χ2v) is 2.34. The molecule has 5 nitrogen and oxygen atoms in total. The number of amides is 1. The van der Waals surface area contributed by atoms with Gasteiger partial charge in [0.15, 0.2) is 0 Å². The minimum Gasteiger partial charge on any atom is -0.383 e. The molecule has 2 N–H and O–H groups in total. The van der Waals surface area contributed by atoms with E-state index in [1.165, 1.54) is 5.06 Å². The molecule has 0 aromatic heterocycles. The molecule has 0 saturated carbocycles. The van der Waals surface area contributed by atoms with Gasteiger partial charge in [0.1, 0.15) is 6.04 Å². The zero-order valence-corrected chi connectivity index (χ0v) is 6.45. The molecular weight excluding hydrogens is 148 g/mol. The van der Waals surface area contributed by atoms with Gasteiger partial charge in [-0.15, -0.1) is 0 Å². The summed E-state index contributed by atoms with van der Waals surface area (Å²) in [5.41, 5.74) is 5.38. The van der Waals surface area contributed by atoms with E-state index in [0.717, 1.165) is 0 Å². The van der Waals surface area contributed by atoms with Crippen LogP contribution < -0.4 is 5.73 Å². The molecule has 1 atom stereocenters. The van der Waals surface area contributed by atoms with E-state index >= 15 is 0 Å². The van der Waals surface area contributed by atoms with Crippen molar-refractivity contribution in [2.75, 3.05) is 26.9 Å². The molecule has 0 aliphatic carbocycles. The van der Waals surface area contributed by atoms with Crippen molar-refractivity contribution in [3.05, 3.63) is 0 Å². The Morgan fingerprint density at radius 2 is 2.64 bits per heavy atom. The van der Waals surface area contributed by atoms with Gasteiger partial charge in [0.25, 0.3) is 5.91 Å². The van der Waals surface area contributed by atoms with Crippen LogP contribution in [-0.2, 0) is 14.4 Å². The van der Waals surface area contributed by atoms with Crippen LogP contribution in [0.25, 0.3) is 0 Å². The number of rotatable bonds is 3. The molecular formula is C6H12N2O3. The SMILES string of the molecule is COCCN1OC[C@@H](N)C1=O. The fourth-order valence-corrected chi connectivity index (χ4v) is 0.839. The summed E-state index contributed by atoms with van der Waals surface area (Å²) >= 11 is 0. The van der Waals surface area contributed by atoms with Crippen LogP contribution in [0.5, 0.6) is 0 Å². The third-order valence-corrected chi connectivity index (χ3v) is 1.47. The van der Waals surface area contributed by atoms with E-state index in [-0.39, 0.29) is 12.5 Å². The molecule has 1 rings (SSSR count). The van der Waals surface area contributed by atoms with E-state index in [4.69, 9.17) is 15.3 Å². The van der Waals surface area contributed by atoms with Crippen LogP contribution in [0, 0.1) is 0 Å². The fourth-order valence-electron chi connectivity index (χ4n) is 0.839. The normalized spacial score (nSPS) is 24.7. The summed E-state index contributed by atoms with van der Waals surface area (Å²) in [6.45, 7) is 1.20. The molecule has 0 spiro atoms. The number of carbonyl (C=O) groups excluding carboxylic acids is 1. The van der Waals surface area contributed by atoms with Crippen LogP contribution in [0.1, 0.15) is 0 Å². The Hall–Kier alpha value is -0.650. The summed E-state index contributed by atoms with van der Waals surface area (Å²) in [6.07, 6.45) is 0. The first kappa shape index (κ1) is 8.45. The topological polar surface area (TPSA) is 64.8 Å². The van der Waals surface area contributed by atoms with Gasteiger partial charge in [-0.1, -0.05) is 0 Å². The minimum atomic E-state index is -0.494. The lowest BCUT2D eigenvalue weighted by atomic mass is 10.3. The number of nitrogens with two attached hydrogens (primary N) is 1. The highest BCUT2D eigenvalue weighted by molar-refractivity contribution is 5.82. The van der Waals surface area contributed by atoms with Crippen molar-refractivity contribution in [3.8, 4) is 0 Å². The largest absolute Gasteiger partial charge is 0.383 e. The molecule has 0 aromatic rings. The van der Waals surface area contributed by atoms with Crippen molar-refractivity contribution in [1.82, 2.24) is 5.06 Å². The minimum absolute atomic E-state index is 0.165. The first-order chi connectivity index (χ1) is 5.25. The van der Waals surface area contributed by atoms with Gasteiger partial charge in [-0.05, 0) is 0 Å². The number of nitrogens with zero attached hydrogens (tertiary/aromatic N) is 1. The summed E-state index contributed by atoms with van der Waals surface area (Å²) in [7, 11) is 1.57. The third-order valence-electron chi connectivity index (χ3n) is 1.47. The van der Waals surface area contributed by atoms with Gasteiger partial charge in [-0.25, -0.2) is 5.06 Å². The van der Waals surface area contributed by atoms with Crippen molar-refractivity contribution in [2.45, 2.75) is 6.04 Å². The third kappa shape index (κ3) is 1.89. The van der Waals surface area contributed by atoms with Crippen molar-refractivity contribution in [3.63, 3.8) is 0 Å². The van der Waals surface area contributed by atoms with Crippen molar-refractivity contribution >= 4 is 5.91 Å². The van der Waals surface area contributed by atoms with Crippen LogP contribution in [0.15, 0.2) is 0 Å². The maximum absolute atomic E-state index is 11.0. The summed E-state index contributed by atoms with van der Waals surface area (Å²) in [5, 5.41) is 1.24. The Labute approximate surface area is 65.0 Å². The molecule has 1 aliphatic rings. The molecule has 1 saturated heterocycles. The van der Waals surface area contributed by atoms with Gasteiger partial charge in [0.2, 0.25) is 0 Å². The second-order valence-electron chi connectivity index (χ2n) is 2.34. The number of hydrogen-bond acceptors (Lipinski definition) is 4. The molecule has 1 aliphatic heterocycles. The molecule has 64 valence electrons. The van der Waals surface area contributed by atoms with Crippen LogP contribution in [0.4, 0.5) is 0 Å². The predicted octanol–water partition coefficient (Wildman–Crippen LogP) is -1.27. The molecule has 0 unspecified atom stereocenters. The molecule has 5 heteroatoms. The van der Waals surface area contributed by atoms with E-state index in [1.807, 2.05) is 0 Å². The maximum Gasteiger partial charge on any atom is 0.265 e. The lowest BCUT2D eigenvalue weighted by Gasteiger charge is -2.12. The van der Waals surface area contributed by atoms with Crippen LogP contribution in [0.3, 0.4) is 0 Å². The first-order valence-corrected chi connectivity index (χ1v) is 3.44. The average Bonchev–Trinajstić information content (AvgIpc) is 2.31. The summed E-state index contributed by atoms with van der Waals surface area (Å²) in [6, 6.07) is -0.494. The number of methoxy groups -OCH3 is 1. The standard InChI is InChI=1S/C6H12N2O3/c1-10-3-2-8-6(9)5(7)4-11-8/h5H,2-4,7H2,1H3/t5-/m1/s1. The number of hydrogen-bond donors (Lipinski definition) is 1. The van der Waals surface area contributed by atoms with Crippen LogP contribution >= 0.6 is 0 Å². The van der Waals surface area contributed by atoms with Crippen molar-refractivity contribution in [1.29, 1.82) is 0 Å². The Kier molecular flexibility index (Phi) is 2.81. The lowest BCUT2D eigenvalue weighted by Crippen LogP contribution is -2.35. The van der Waals surface area contributed by atoms with Crippen molar-refractivity contribution in [2.24, 2.45) is 5.73 Å². The lowest BCUT2D eigenvalue weighted by molar-refractivity contribution is -0.164. The smallest absolute Gasteiger partial charge is 0.265 e. The van der Waals surface area contributed by atoms with Crippen LogP contribution in [0.2, 0.25) is 0 Å². The van der Waals surface area contributed by atoms with E-state index < -0.39 is 6.04 Å². The summed E-state index contributed by atoms with van der Waals surface area (Å²) < 4.78 is 4.77. The number of hydroxylamine groups is 2. The number of ether oxygens (including phenoxy) is 1. The van der Waals surface area contributed by atoms with E-state index in [0.29, 0.717) is 13.2 Å². The fraction of sp³-hybridized carbons (Fsp3) is 0.833. The quantitative estimate of drug-likeness (QED) is 0.559.